The van der Waals surface area contributed by atoms with Crippen LogP contribution in [0.3, 0.4) is 0 Å². The van der Waals surface area contributed by atoms with Crippen molar-refractivity contribution < 1.29 is 9.59 Å². The summed E-state index contributed by atoms with van der Waals surface area (Å²) in [6, 6.07) is 5.75. The Morgan fingerprint density at radius 1 is 1.17 bits per heavy atom. The Morgan fingerprint density at radius 3 is 2.70 bits per heavy atom. The Hall–Kier alpha value is -2.37. The lowest BCUT2D eigenvalue weighted by atomic mass is 10.0. The lowest BCUT2D eigenvalue weighted by molar-refractivity contribution is -0.123. The fourth-order valence-corrected chi connectivity index (χ4v) is 3.14. The van der Waals surface area contributed by atoms with Gasteiger partial charge in [0.15, 0.2) is 0 Å². The smallest absolute Gasteiger partial charge is 0.253 e. The van der Waals surface area contributed by atoms with E-state index in [1.165, 1.54) is 0 Å². The number of imidazole rings is 1. The summed E-state index contributed by atoms with van der Waals surface area (Å²) in [4.78, 5) is 33.5. The highest BCUT2D eigenvalue weighted by Gasteiger charge is 2.32. The zero-order valence-corrected chi connectivity index (χ0v) is 12.9. The summed E-state index contributed by atoms with van der Waals surface area (Å²) in [6.45, 7) is 1.38. The first kappa shape index (κ1) is 14.2. The van der Waals surface area contributed by atoms with Crippen LogP contribution in [0.15, 0.2) is 24.5 Å². The largest absolute Gasteiger partial charge is 0.353 e. The van der Waals surface area contributed by atoms with Gasteiger partial charge in [0.1, 0.15) is 0 Å². The minimum Gasteiger partial charge on any atom is -0.353 e. The Morgan fingerprint density at radius 2 is 1.96 bits per heavy atom. The minimum absolute atomic E-state index is 0.0495. The number of amides is 2. The third-order valence-corrected chi connectivity index (χ3v) is 4.74. The highest BCUT2D eigenvalue weighted by Crippen LogP contribution is 2.29. The number of benzene rings is 1. The summed E-state index contributed by atoms with van der Waals surface area (Å²) in [5.41, 5.74) is 2.42. The van der Waals surface area contributed by atoms with Crippen molar-refractivity contribution in [3.63, 3.8) is 0 Å². The van der Waals surface area contributed by atoms with E-state index in [0.29, 0.717) is 18.7 Å². The molecule has 2 N–H and O–H groups in total. The first-order valence-corrected chi connectivity index (χ1v) is 8.23. The molecule has 4 rings (SSSR count). The molecule has 23 heavy (non-hydrogen) atoms. The number of aromatic amines is 1. The van der Waals surface area contributed by atoms with Crippen LogP contribution in [0.1, 0.15) is 36.0 Å². The van der Waals surface area contributed by atoms with Gasteiger partial charge in [-0.25, -0.2) is 4.98 Å². The predicted octanol–water partition coefficient (Wildman–Crippen LogP) is 1.69. The van der Waals surface area contributed by atoms with Gasteiger partial charge in [0.05, 0.1) is 17.4 Å². The molecule has 2 fully saturated rings. The molecule has 0 bridgehead atoms. The number of nitrogens with zero attached hydrogens (tertiary/aromatic N) is 2. The Labute approximate surface area is 134 Å². The number of hydrogen-bond acceptors (Lipinski definition) is 3. The molecule has 0 unspecified atom stereocenters. The van der Waals surface area contributed by atoms with Crippen LogP contribution < -0.4 is 5.32 Å². The number of likely N-dealkylation sites (tertiary alicyclic amines) is 1. The number of rotatable bonds is 3. The Bertz CT molecular complexity index is 742. The van der Waals surface area contributed by atoms with Crippen molar-refractivity contribution >= 4 is 22.8 Å². The van der Waals surface area contributed by atoms with Crippen molar-refractivity contribution in [2.24, 2.45) is 5.92 Å². The standard InChI is InChI=1S/C17H20N4O2/c22-16(11-1-2-11)20-13-5-7-21(8-6-13)17(23)12-3-4-14-15(9-12)19-10-18-14/h3-4,9-11,13H,1-2,5-8H2,(H,18,19)(H,20,22). The van der Waals surface area contributed by atoms with E-state index in [0.717, 1.165) is 36.7 Å². The lowest BCUT2D eigenvalue weighted by Crippen LogP contribution is -2.46. The number of carbonyl (C=O) groups excluding carboxylic acids is 2. The van der Waals surface area contributed by atoms with Gasteiger partial charge in [-0.1, -0.05) is 0 Å². The maximum absolute atomic E-state index is 12.6. The fourth-order valence-electron chi connectivity index (χ4n) is 3.14. The molecule has 1 aromatic carbocycles. The molecule has 2 amide bonds. The van der Waals surface area contributed by atoms with Gasteiger partial charge in [-0.2, -0.15) is 0 Å². The van der Waals surface area contributed by atoms with E-state index < -0.39 is 0 Å². The van der Waals surface area contributed by atoms with E-state index in [2.05, 4.69) is 15.3 Å². The molecule has 2 aromatic rings. The van der Waals surface area contributed by atoms with Gasteiger partial charge in [-0.05, 0) is 43.9 Å². The maximum atomic E-state index is 12.6. The second kappa shape index (κ2) is 5.68. The molecule has 1 aromatic heterocycles. The third kappa shape index (κ3) is 2.93. The quantitative estimate of drug-likeness (QED) is 0.905. The predicted molar refractivity (Wildman–Crippen MR) is 85.9 cm³/mol. The first-order valence-electron chi connectivity index (χ1n) is 8.23. The molecule has 6 nitrogen and oxygen atoms in total. The molecular formula is C17H20N4O2. The second-order valence-corrected chi connectivity index (χ2v) is 6.48. The summed E-state index contributed by atoms with van der Waals surface area (Å²) >= 11 is 0. The third-order valence-electron chi connectivity index (χ3n) is 4.74. The van der Waals surface area contributed by atoms with Crippen LogP contribution >= 0.6 is 0 Å². The van der Waals surface area contributed by atoms with Crippen LogP contribution in [-0.2, 0) is 4.79 Å². The lowest BCUT2D eigenvalue weighted by Gasteiger charge is -2.32. The van der Waals surface area contributed by atoms with Crippen molar-refractivity contribution in [3.8, 4) is 0 Å². The van der Waals surface area contributed by atoms with Crippen LogP contribution in [0, 0.1) is 5.92 Å². The summed E-state index contributed by atoms with van der Waals surface area (Å²) in [6.07, 6.45) is 5.35. The molecule has 1 saturated carbocycles. The highest BCUT2D eigenvalue weighted by molar-refractivity contribution is 5.97. The van der Waals surface area contributed by atoms with Crippen LogP contribution in [0.4, 0.5) is 0 Å². The maximum Gasteiger partial charge on any atom is 0.253 e. The Kier molecular flexibility index (Phi) is 3.52. The van der Waals surface area contributed by atoms with Gasteiger partial charge in [-0.3, -0.25) is 9.59 Å². The van der Waals surface area contributed by atoms with Gasteiger partial charge in [0.25, 0.3) is 5.91 Å². The normalized spacial score (nSPS) is 19.0. The molecule has 0 atom stereocenters. The summed E-state index contributed by atoms with van der Waals surface area (Å²) in [7, 11) is 0. The number of H-pyrrole nitrogens is 1. The molecule has 0 spiro atoms. The minimum atomic E-state index is 0.0495. The van der Waals surface area contributed by atoms with Crippen LogP contribution in [0.2, 0.25) is 0 Å². The van der Waals surface area contributed by atoms with E-state index in [9.17, 15) is 9.59 Å². The average Bonchev–Trinajstić information content (AvgIpc) is 3.32. The zero-order chi connectivity index (χ0) is 15.8. The summed E-state index contributed by atoms with van der Waals surface area (Å²) < 4.78 is 0. The van der Waals surface area contributed by atoms with Crippen molar-refractivity contribution in [1.82, 2.24) is 20.2 Å². The van der Waals surface area contributed by atoms with Gasteiger partial charge in [0, 0.05) is 30.6 Å². The highest BCUT2D eigenvalue weighted by atomic mass is 16.2. The molecule has 2 heterocycles. The number of fused-ring (bicyclic) bond motifs is 1. The second-order valence-electron chi connectivity index (χ2n) is 6.48. The van der Waals surface area contributed by atoms with E-state index in [4.69, 9.17) is 0 Å². The van der Waals surface area contributed by atoms with E-state index >= 15 is 0 Å². The SMILES string of the molecule is O=C(NC1CCN(C(=O)c2ccc3nc[nH]c3c2)CC1)C1CC1. The summed E-state index contributed by atoms with van der Waals surface area (Å²) in [5, 5.41) is 3.11. The Balaban J connectivity index is 1.37. The van der Waals surface area contributed by atoms with Crippen molar-refractivity contribution in [1.29, 1.82) is 0 Å². The molecule has 120 valence electrons. The molecule has 0 radical (unpaired) electrons. The molecule has 2 aliphatic rings. The van der Waals surface area contributed by atoms with E-state index in [-0.39, 0.29) is 23.8 Å². The van der Waals surface area contributed by atoms with Gasteiger partial charge < -0.3 is 15.2 Å². The first-order chi connectivity index (χ1) is 11.2. The topological polar surface area (TPSA) is 78.1 Å². The van der Waals surface area contributed by atoms with Gasteiger partial charge >= 0.3 is 0 Å². The number of aromatic nitrogens is 2. The molecule has 1 aliphatic carbocycles. The van der Waals surface area contributed by atoms with Crippen molar-refractivity contribution in [2.75, 3.05) is 13.1 Å². The molecule has 1 aliphatic heterocycles. The number of nitrogens with one attached hydrogen (secondary N) is 2. The van der Waals surface area contributed by atoms with Crippen LogP contribution in [0.25, 0.3) is 11.0 Å². The number of carbonyl (C=O) groups is 2. The van der Waals surface area contributed by atoms with E-state index in [1.54, 1.807) is 6.33 Å². The van der Waals surface area contributed by atoms with Gasteiger partial charge in [-0.15, -0.1) is 0 Å². The average molecular weight is 312 g/mol. The van der Waals surface area contributed by atoms with Gasteiger partial charge in [0.2, 0.25) is 5.91 Å². The fraction of sp³-hybridized carbons (Fsp3) is 0.471. The van der Waals surface area contributed by atoms with Crippen LogP contribution in [0.5, 0.6) is 0 Å². The van der Waals surface area contributed by atoms with Crippen molar-refractivity contribution in [2.45, 2.75) is 31.7 Å². The number of hydrogen-bond donors (Lipinski definition) is 2. The van der Waals surface area contributed by atoms with Crippen LogP contribution in [-0.4, -0.2) is 45.8 Å². The summed E-state index contributed by atoms with van der Waals surface area (Å²) in [5.74, 6) is 0.490. The van der Waals surface area contributed by atoms with E-state index in [1.807, 2.05) is 23.1 Å². The molecule has 1 saturated heterocycles. The number of piperidine rings is 1. The van der Waals surface area contributed by atoms with Crippen molar-refractivity contribution in [3.05, 3.63) is 30.1 Å². The zero-order valence-electron chi connectivity index (χ0n) is 12.9. The monoisotopic (exact) mass is 312 g/mol. The molecular weight excluding hydrogens is 292 g/mol. The molecule has 6 heteroatoms.